The van der Waals surface area contributed by atoms with Crippen LogP contribution in [-0.4, -0.2) is 16.4 Å². The highest BCUT2D eigenvalue weighted by Gasteiger charge is 2.20. The predicted octanol–water partition coefficient (Wildman–Crippen LogP) is 4.07. The van der Waals surface area contributed by atoms with Gasteiger partial charge < -0.3 is 5.32 Å². The van der Waals surface area contributed by atoms with Gasteiger partial charge >= 0.3 is 0 Å². The number of rotatable bonds is 5. The fourth-order valence-electron chi connectivity index (χ4n) is 2.59. The Kier molecular flexibility index (Phi) is 5.96. The summed E-state index contributed by atoms with van der Waals surface area (Å²) in [5.41, 5.74) is 2.42. The first-order valence-corrected chi connectivity index (χ1v) is 8.58. The minimum Gasteiger partial charge on any atom is -0.351 e. The van der Waals surface area contributed by atoms with Crippen molar-refractivity contribution in [1.82, 2.24) is 5.32 Å². The van der Waals surface area contributed by atoms with Crippen molar-refractivity contribution in [2.75, 3.05) is 0 Å². The Morgan fingerprint density at radius 1 is 1.25 bits per heavy atom. The maximum Gasteiger partial charge on any atom is 0.233 e. The molecule has 0 bridgehead atoms. The van der Waals surface area contributed by atoms with Gasteiger partial charge in [0.2, 0.25) is 5.91 Å². The third-order valence-electron chi connectivity index (χ3n) is 3.91. The molecule has 0 radical (unpaired) electrons. The van der Waals surface area contributed by atoms with Gasteiger partial charge in [-0.2, -0.15) is 0 Å². The van der Waals surface area contributed by atoms with E-state index >= 15 is 0 Å². The fourth-order valence-corrected chi connectivity index (χ4v) is 3.98. The lowest BCUT2D eigenvalue weighted by Gasteiger charge is -2.23. The number of nitrogens with one attached hydrogen (secondary N) is 1. The molecule has 2 rings (SSSR count). The molecule has 0 heterocycles. The number of hydrogen-bond donors (Lipinski definition) is 1. The van der Waals surface area contributed by atoms with Crippen molar-refractivity contribution in [3.8, 4) is 0 Å². The Bertz CT molecular complexity index is 423. The quantitative estimate of drug-likeness (QED) is 0.886. The Balaban J connectivity index is 1.74. The summed E-state index contributed by atoms with van der Waals surface area (Å²) in [5, 5.41) is 3.79. The zero-order chi connectivity index (χ0) is 14.4. The maximum absolute atomic E-state index is 12.1. The number of thioether (sulfide) groups is 1. The van der Waals surface area contributed by atoms with Gasteiger partial charge in [-0.1, -0.05) is 49.1 Å². The number of aryl methyl sites for hydroxylation is 1. The topological polar surface area (TPSA) is 29.1 Å². The maximum atomic E-state index is 12.1. The van der Waals surface area contributed by atoms with E-state index in [0.29, 0.717) is 11.8 Å². The summed E-state index contributed by atoms with van der Waals surface area (Å²) in [4.78, 5) is 12.1. The number of carbonyl (C=O) groups excluding carboxylic acids is 1. The Morgan fingerprint density at radius 2 is 1.90 bits per heavy atom. The zero-order valence-electron chi connectivity index (χ0n) is 12.5. The minimum atomic E-state index is 0.0588. The first kappa shape index (κ1) is 15.4. The molecule has 20 heavy (non-hydrogen) atoms. The van der Waals surface area contributed by atoms with Crippen molar-refractivity contribution in [1.29, 1.82) is 0 Å². The summed E-state index contributed by atoms with van der Waals surface area (Å²) in [6, 6.07) is 8.33. The standard InChI is InChI=1S/C17H25NOS/c1-13-8-10-15(11-9-13)12-18-17(19)14(2)20-16-6-4-3-5-7-16/h8-11,14,16H,3-7,12H2,1-2H3,(H,18,19). The van der Waals surface area contributed by atoms with Crippen molar-refractivity contribution in [2.24, 2.45) is 0 Å². The average molecular weight is 291 g/mol. The number of carbonyl (C=O) groups is 1. The van der Waals surface area contributed by atoms with Crippen molar-refractivity contribution < 1.29 is 4.79 Å². The first-order valence-electron chi connectivity index (χ1n) is 7.64. The Labute approximate surface area is 126 Å². The van der Waals surface area contributed by atoms with Crippen LogP contribution < -0.4 is 5.32 Å². The number of hydrogen-bond acceptors (Lipinski definition) is 2. The largest absolute Gasteiger partial charge is 0.351 e. The molecule has 1 unspecified atom stereocenters. The number of benzene rings is 1. The molecule has 3 heteroatoms. The van der Waals surface area contributed by atoms with Crippen LogP contribution in [0.1, 0.15) is 50.2 Å². The summed E-state index contributed by atoms with van der Waals surface area (Å²) in [6.07, 6.45) is 6.58. The van der Waals surface area contributed by atoms with Gasteiger partial charge in [-0.3, -0.25) is 4.79 Å². The van der Waals surface area contributed by atoms with Crippen molar-refractivity contribution >= 4 is 17.7 Å². The van der Waals surface area contributed by atoms with Crippen LogP contribution in [0.2, 0.25) is 0 Å². The van der Waals surface area contributed by atoms with Crippen LogP contribution in [0, 0.1) is 6.92 Å². The van der Waals surface area contributed by atoms with Crippen LogP contribution in [0.5, 0.6) is 0 Å². The van der Waals surface area contributed by atoms with Gasteiger partial charge in [0.25, 0.3) is 0 Å². The van der Waals surface area contributed by atoms with Gasteiger partial charge in [-0.15, -0.1) is 11.8 Å². The lowest BCUT2D eigenvalue weighted by atomic mass is 10.0. The highest BCUT2D eigenvalue weighted by atomic mass is 32.2. The van der Waals surface area contributed by atoms with Crippen molar-refractivity contribution in [3.05, 3.63) is 35.4 Å². The molecular formula is C17H25NOS. The van der Waals surface area contributed by atoms with E-state index in [1.54, 1.807) is 0 Å². The molecule has 1 aliphatic carbocycles. The molecule has 2 nitrogen and oxygen atoms in total. The summed E-state index contributed by atoms with van der Waals surface area (Å²) >= 11 is 1.85. The predicted molar refractivity (Wildman–Crippen MR) is 87.0 cm³/mol. The van der Waals surface area contributed by atoms with E-state index in [4.69, 9.17) is 0 Å². The lowest BCUT2D eigenvalue weighted by Crippen LogP contribution is -2.32. The molecule has 1 N–H and O–H groups in total. The van der Waals surface area contributed by atoms with Crippen LogP contribution >= 0.6 is 11.8 Å². The van der Waals surface area contributed by atoms with Gasteiger partial charge in [0.15, 0.2) is 0 Å². The molecule has 1 amide bonds. The SMILES string of the molecule is Cc1ccc(CNC(=O)C(C)SC2CCCCC2)cc1. The van der Waals surface area contributed by atoms with E-state index in [-0.39, 0.29) is 11.2 Å². The molecular weight excluding hydrogens is 266 g/mol. The summed E-state index contributed by atoms with van der Waals surface area (Å²) in [6.45, 7) is 4.74. The minimum absolute atomic E-state index is 0.0588. The van der Waals surface area contributed by atoms with Crippen LogP contribution in [0.25, 0.3) is 0 Å². The first-order chi connectivity index (χ1) is 9.65. The molecule has 0 aromatic heterocycles. The van der Waals surface area contributed by atoms with E-state index in [0.717, 1.165) is 0 Å². The zero-order valence-corrected chi connectivity index (χ0v) is 13.3. The van der Waals surface area contributed by atoms with E-state index in [1.165, 1.54) is 43.2 Å². The van der Waals surface area contributed by atoms with Crippen molar-refractivity contribution in [3.63, 3.8) is 0 Å². The van der Waals surface area contributed by atoms with Crippen LogP contribution in [0.4, 0.5) is 0 Å². The van der Waals surface area contributed by atoms with Gasteiger partial charge in [0.05, 0.1) is 5.25 Å². The van der Waals surface area contributed by atoms with Gasteiger partial charge in [0, 0.05) is 11.8 Å². The smallest absolute Gasteiger partial charge is 0.233 e. The summed E-state index contributed by atoms with van der Waals surface area (Å²) in [5.74, 6) is 0.168. The Hall–Kier alpha value is -0.960. The second kappa shape index (κ2) is 7.72. The summed E-state index contributed by atoms with van der Waals surface area (Å²) in [7, 11) is 0. The highest BCUT2D eigenvalue weighted by molar-refractivity contribution is 8.01. The molecule has 1 aromatic carbocycles. The van der Waals surface area contributed by atoms with Crippen molar-refractivity contribution in [2.45, 2.75) is 63.0 Å². The molecule has 1 atom stereocenters. The van der Waals surface area contributed by atoms with E-state index < -0.39 is 0 Å². The van der Waals surface area contributed by atoms with E-state index in [9.17, 15) is 4.79 Å². The molecule has 1 aliphatic rings. The van der Waals surface area contributed by atoms with Crippen LogP contribution in [-0.2, 0) is 11.3 Å². The molecule has 0 aliphatic heterocycles. The molecule has 1 aromatic rings. The van der Waals surface area contributed by atoms with Gasteiger partial charge in [-0.05, 0) is 32.3 Å². The highest BCUT2D eigenvalue weighted by Crippen LogP contribution is 2.30. The molecule has 110 valence electrons. The van der Waals surface area contributed by atoms with Crippen LogP contribution in [0.3, 0.4) is 0 Å². The normalized spacial score (nSPS) is 17.7. The fraction of sp³-hybridized carbons (Fsp3) is 0.588. The molecule has 1 saturated carbocycles. The molecule has 1 fully saturated rings. The lowest BCUT2D eigenvalue weighted by molar-refractivity contribution is -0.120. The molecule has 0 spiro atoms. The van der Waals surface area contributed by atoms with Gasteiger partial charge in [0.1, 0.15) is 0 Å². The Morgan fingerprint density at radius 3 is 2.55 bits per heavy atom. The van der Waals surface area contributed by atoms with Crippen LogP contribution in [0.15, 0.2) is 24.3 Å². The van der Waals surface area contributed by atoms with E-state index in [2.05, 4.69) is 36.5 Å². The number of amides is 1. The average Bonchev–Trinajstić information content (AvgIpc) is 2.47. The molecule has 0 saturated heterocycles. The van der Waals surface area contributed by atoms with E-state index in [1.807, 2.05) is 18.7 Å². The summed E-state index contributed by atoms with van der Waals surface area (Å²) < 4.78 is 0. The van der Waals surface area contributed by atoms with Gasteiger partial charge in [-0.25, -0.2) is 0 Å². The second-order valence-corrected chi connectivity index (χ2v) is 7.39. The monoisotopic (exact) mass is 291 g/mol. The second-order valence-electron chi connectivity index (χ2n) is 5.74. The third-order valence-corrected chi connectivity index (χ3v) is 5.38. The third kappa shape index (κ3) is 4.86.